The van der Waals surface area contributed by atoms with Crippen LogP contribution in [0.15, 0.2) is 0 Å². The molecule has 2 rings (SSSR count). The van der Waals surface area contributed by atoms with Gasteiger partial charge in [0.25, 0.3) is 0 Å². The lowest BCUT2D eigenvalue weighted by atomic mass is 10.0. The quantitative estimate of drug-likeness (QED) is 0.558. The summed E-state index contributed by atoms with van der Waals surface area (Å²) in [4.78, 5) is 0. The molecule has 1 N–H and O–H groups in total. The molecule has 2 fully saturated rings. The molecule has 0 radical (unpaired) electrons. The highest BCUT2D eigenvalue weighted by atomic mass is 14.9. The van der Waals surface area contributed by atoms with E-state index in [1.807, 2.05) is 0 Å². The summed E-state index contributed by atoms with van der Waals surface area (Å²) < 4.78 is 0. The van der Waals surface area contributed by atoms with Crippen LogP contribution < -0.4 is 5.32 Å². The largest absolute Gasteiger partial charge is 0.316 e. The Morgan fingerprint density at radius 1 is 1.67 bits per heavy atom. The Labute approximate surface area is 56.8 Å². The van der Waals surface area contributed by atoms with Gasteiger partial charge >= 0.3 is 0 Å². The summed E-state index contributed by atoms with van der Waals surface area (Å²) in [5.74, 6) is 1.08. The van der Waals surface area contributed by atoms with E-state index in [9.17, 15) is 0 Å². The Bertz CT molecular complexity index is 114. The minimum Gasteiger partial charge on any atom is -0.316 e. The molecule has 0 bridgehead atoms. The molecular formula is C8H15N. The van der Waals surface area contributed by atoms with Crippen LogP contribution in [-0.2, 0) is 0 Å². The van der Waals surface area contributed by atoms with Gasteiger partial charge in [-0.3, -0.25) is 0 Å². The van der Waals surface area contributed by atoms with E-state index in [0.717, 1.165) is 11.3 Å². The fourth-order valence-electron chi connectivity index (χ4n) is 2.29. The first-order valence-electron chi connectivity index (χ1n) is 4.08. The van der Waals surface area contributed by atoms with E-state index in [2.05, 4.69) is 12.2 Å². The first-order chi connectivity index (χ1) is 4.37. The van der Waals surface area contributed by atoms with Crippen LogP contribution in [0.2, 0.25) is 0 Å². The maximum atomic E-state index is 3.44. The normalized spacial score (nSPS) is 48.3. The summed E-state index contributed by atoms with van der Waals surface area (Å²) >= 11 is 0. The van der Waals surface area contributed by atoms with Gasteiger partial charge < -0.3 is 5.32 Å². The van der Waals surface area contributed by atoms with Crippen molar-refractivity contribution < 1.29 is 0 Å². The average molecular weight is 125 g/mol. The predicted molar refractivity (Wildman–Crippen MR) is 38.3 cm³/mol. The van der Waals surface area contributed by atoms with Gasteiger partial charge in [-0.05, 0) is 30.7 Å². The number of nitrogens with one attached hydrogen (secondary N) is 1. The van der Waals surface area contributed by atoms with E-state index in [1.165, 1.54) is 32.4 Å². The molecule has 1 heteroatoms. The summed E-state index contributed by atoms with van der Waals surface area (Å²) in [5, 5.41) is 3.44. The zero-order valence-electron chi connectivity index (χ0n) is 6.11. The Hall–Kier alpha value is -0.0400. The number of hydrogen-bond donors (Lipinski definition) is 1. The van der Waals surface area contributed by atoms with Gasteiger partial charge in [0, 0.05) is 6.54 Å². The molecule has 1 nitrogen and oxygen atoms in total. The predicted octanol–water partition coefficient (Wildman–Crippen LogP) is 1.40. The lowest BCUT2D eigenvalue weighted by Crippen LogP contribution is -2.10. The van der Waals surface area contributed by atoms with Crippen molar-refractivity contribution in [2.24, 2.45) is 11.3 Å². The van der Waals surface area contributed by atoms with Crippen molar-refractivity contribution in [1.29, 1.82) is 0 Å². The molecule has 9 heavy (non-hydrogen) atoms. The third-order valence-electron chi connectivity index (χ3n) is 3.13. The van der Waals surface area contributed by atoms with Crippen LogP contribution in [-0.4, -0.2) is 13.1 Å². The second-order valence-corrected chi connectivity index (χ2v) is 3.60. The topological polar surface area (TPSA) is 12.0 Å². The number of hydrogen-bond acceptors (Lipinski definition) is 1. The summed E-state index contributed by atoms with van der Waals surface area (Å²) in [6, 6.07) is 0. The highest BCUT2D eigenvalue weighted by Gasteiger charge is 2.53. The van der Waals surface area contributed by atoms with Crippen LogP contribution in [0.1, 0.15) is 26.2 Å². The molecule has 2 unspecified atom stereocenters. The van der Waals surface area contributed by atoms with Gasteiger partial charge in [0.15, 0.2) is 0 Å². The molecule has 1 heterocycles. The molecule has 0 aromatic heterocycles. The first-order valence-corrected chi connectivity index (χ1v) is 4.08. The van der Waals surface area contributed by atoms with Crippen molar-refractivity contribution in [3.63, 3.8) is 0 Å². The number of rotatable bonds is 1. The van der Waals surface area contributed by atoms with Crippen LogP contribution in [0.3, 0.4) is 0 Å². The maximum absolute atomic E-state index is 3.44. The third-order valence-corrected chi connectivity index (χ3v) is 3.13. The van der Waals surface area contributed by atoms with Crippen molar-refractivity contribution >= 4 is 0 Å². The molecule has 0 aromatic rings. The van der Waals surface area contributed by atoms with Gasteiger partial charge in [0.1, 0.15) is 0 Å². The zero-order chi connectivity index (χ0) is 6.32. The lowest BCUT2D eigenvalue weighted by molar-refractivity contribution is 0.494. The summed E-state index contributed by atoms with van der Waals surface area (Å²) in [5.41, 5.74) is 0.800. The first kappa shape index (κ1) is 5.72. The molecule has 2 aliphatic rings. The van der Waals surface area contributed by atoms with Crippen LogP contribution in [0.4, 0.5) is 0 Å². The molecule has 1 saturated carbocycles. The van der Waals surface area contributed by atoms with E-state index in [-0.39, 0.29) is 0 Å². The van der Waals surface area contributed by atoms with E-state index in [1.54, 1.807) is 0 Å². The van der Waals surface area contributed by atoms with Crippen molar-refractivity contribution in [2.45, 2.75) is 26.2 Å². The van der Waals surface area contributed by atoms with Crippen molar-refractivity contribution in [1.82, 2.24) is 5.32 Å². The van der Waals surface area contributed by atoms with Gasteiger partial charge in [-0.1, -0.05) is 13.3 Å². The highest BCUT2D eigenvalue weighted by Crippen LogP contribution is 2.57. The molecule has 0 aromatic carbocycles. The van der Waals surface area contributed by atoms with E-state index in [4.69, 9.17) is 0 Å². The molecule has 1 saturated heterocycles. The van der Waals surface area contributed by atoms with Crippen molar-refractivity contribution in [3.8, 4) is 0 Å². The Morgan fingerprint density at radius 2 is 2.56 bits per heavy atom. The average Bonchev–Trinajstić information content (AvgIpc) is 2.30. The van der Waals surface area contributed by atoms with Gasteiger partial charge in [-0.15, -0.1) is 0 Å². The molecule has 0 amide bonds. The molecule has 52 valence electrons. The van der Waals surface area contributed by atoms with Crippen LogP contribution >= 0.6 is 0 Å². The fraction of sp³-hybridized carbons (Fsp3) is 1.00. The highest BCUT2D eigenvalue weighted by molar-refractivity contribution is 5.05. The van der Waals surface area contributed by atoms with Crippen LogP contribution in [0.5, 0.6) is 0 Å². The maximum Gasteiger partial charge on any atom is 0.00111 e. The van der Waals surface area contributed by atoms with E-state index < -0.39 is 0 Å². The third kappa shape index (κ3) is 0.710. The van der Waals surface area contributed by atoms with Gasteiger partial charge in [0.2, 0.25) is 0 Å². The molecule has 1 aliphatic carbocycles. The fourth-order valence-corrected chi connectivity index (χ4v) is 2.29. The smallest absolute Gasteiger partial charge is 0.00111 e. The molecule has 2 atom stereocenters. The van der Waals surface area contributed by atoms with Crippen LogP contribution in [0.25, 0.3) is 0 Å². The van der Waals surface area contributed by atoms with Gasteiger partial charge in [-0.2, -0.15) is 0 Å². The molecule has 1 aliphatic heterocycles. The Kier molecular flexibility index (Phi) is 1.10. The summed E-state index contributed by atoms with van der Waals surface area (Å²) in [6.07, 6.45) is 4.36. The van der Waals surface area contributed by atoms with E-state index in [0.29, 0.717) is 0 Å². The summed E-state index contributed by atoms with van der Waals surface area (Å²) in [7, 11) is 0. The standard InChI is InChI=1S/C8H15N/c1-2-7-5-8(7)3-4-9-6-8/h7,9H,2-6H2,1H3. The minimum absolute atomic E-state index is 0.800. The molecular weight excluding hydrogens is 110 g/mol. The zero-order valence-corrected chi connectivity index (χ0v) is 6.11. The monoisotopic (exact) mass is 125 g/mol. The summed E-state index contributed by atoms with van der Waals surface area (Å²) in [6.45, 7) is 4.90. The van der Waals surface area contributed by atoms with Crippen molar-refractivity contribution in [3.05, 3.63) is 0 Å². The second-order valence-electron chi connectivity index (χ2n) is 3.60. The minimum atomic E-state index is 0.800. The second kappa shape index (κ2) is 1.72. The Balaban J connectivity index is 1.97. The van der Waals surface area contributed by atoms with E-state index >= 15 is 0 Å². The molecule has 1 spiro atoms. The Morgan fingerprint density at radius 3 is 3.00 bits per heavy atom. The van der Waals surface area contributed by atoms with Gasteiger partial charge in [-0.25, -0.2) is 0 Å². The van der Waals surface area contributed by atoms with Crippen LogP contribution in [0, 0.1) is 11.3 Å². The lowest BCUT2D eigenvalue weighted by Gasteiger charge is -2.03. The SMILES string of the molecule is CCC1CC12CCNC2. The van der Waals surface area contributed by atoms with Gasteiger partial charge in [0.05, 0.1) is 0 Å². The van der Waals surface area contributed by atoms with Crippen molar-refractivity contribution in [2.75, 3.05) is 13.1 Å².